The minimum atomic E-state index is -0.526. The van der Waals surface area contributed by atoms with Crippen LogP contribution in [0.5, 0.6) is 23.0 Å². The Hall–Kier alpha value is -3.56. The zero-order valence-electron chi connectivity index (χ0n) is 19.7. The number of Topliss-reactive ketones (excluding diaryl/α,β-unsaturated/α-hetero) is 1. The van der Waals surface area contributed by atoms with Crippen molar-refractivity contribution in [3.05, 3.63) is 53.3 Å². The van der Waals surface area contributed by atoms with E-state index in [0.29, 0.717) is 73.3 Å². The minimum Gasteiger partial charge on any atom is -0.497 e. The number of fused-ring (bicyclic) bond motifs is 1. The Bertz CT molecular complexity index is 1160. The maximum Gasteiger partial charge on any atom is 0.260 e. The summed E-state index contributed by atoms with van der Waals surface area (Å²) in [6, 6.07) is 10.2. The molecule has 9 heteroatoms. The molecule has 2 saturated heterocycles. The number of hydrogen-bond donors (Lipinski definition) is 0. The minimum absolute atomic E-state index is 0.106. The molecular weight excluding hydrogens is 454 g/mol. The third-order valence-corrected chi connectivity index (χ3v) is 6.42. The van der Waals surface area contributed by atoms with Crippen molar-refractivity contribution < 1.29 is 38.0 Å². The van der Waals surface area contributed by atoms with Gasteiger partial charge < -0.3 is 33.3 Å². The molecule has 1 spiro atoms. The van der Waals surface area contributed by atoms with Gasteiger partial charge in [0.15, 0.2) is 18.2 Å². The van der Waals surface area contributed by atoms with E-state index in [1.54, 1.807) is 61.6 Å². The Labute approximate surface area is 203 Å². The normalized spacial score (nSPS) is 19.5. The molecule has 0 radical (unpaired) electrons. The Morgan fingerprint density at radius 3 is 2.49 bits per heavy atom. The maximum absolute atomic E-state index is 12.9. The number of piperidine rings is 1. The molecule has 9 nitrogen and oxygen atoms in total. The zero-order valence-corrected chi connectivity index (χ0v) is 19.7. The van der Waals surface area contributed by atoms with Crippen LogP contribution in [-0.4, -0.2) is 69.5 Å². The first-order valence-electron chi connectivity index (χ1n) is 11.5. The second kappa shape index (κ2) is 9.59. The summed E-state index contributed by atoms with van der Waals surface area (Å²) in [5.74, 6) is 1.33. The van der Waals surface area contributed by atoms with E-state index in [1.165, 1.54) is 0 Å². The number of carbonyl (C=O) groups excluding carboxylic acids is 2. The van der Waals surface area contributed by atoms with E-state index < -0.39 is 5.79 Å². The van der Waals surface area contributed by atoms with Crippen LogP contribution in [0.25, 0.3) is 6.08 Å². The van der Waals surface area contributed by atoms with Crippen LogP contribution < -0.4 is 18.9 Å². The molecule has 1 amide bonds. The van der Waals surface area contributed by atoms with Gasteiger partial charge in [-0.3, -0.25) is 9.59 Å². The fraction of sp³-hybridized carbons (Fsp3) is 0.385. The topological polar surface area (TPSA) is 92.8 Å². The Kier molecular flexibility index (Phi) is 6.36. The number of carbonyl (C=O) groups is 2. The van der Waals surface area contributed by atoms with Crippen LogP contribution in [-0.2, 0) is 14.3 Å². The lowest BCUT2D eigenvalue weighted by Gasteiger charge is -2.37. The number of ether oxygens (including phenoxy) is 6. The van der Waals surface area contributed by atoms with Gasteiger partial charge in [-0.1, -0.05) is 0 Å². The summed E-state index contributed by atoms with van der Waals surface area (Å²) in [6.45, 7) is 2.22. The van der Waals surface area contributed by atoms with E-state index in [2.05, 4.69) is 0 Å². The van der Waals surface area contributed by atoms with Crippen LogP contribution in [0.3, 0.4) is 0 Å². The van der Waals surface area contributed by atoms with Gasteiger partial charge in [-0.2, -0.15) is 0 Å². The monoisotopic (exact) mass is 481 g/mol. The number of methoxy groups -OCH3 is 2. The smallest absolute Gasteiger partial charge is 0.260 e. The zero-order chi connectivity index (χ0) is 24.4. The van der Waals surface area contributed by atoms with Crippen molar-refractivity contribution in [3.8, 4) is 23.0 Å². The molecule has 2 fully saturated rings. The third-order valence-electron chi connectivity index (χ3n) is 6.42. The van der Waals surface area contributed by atoms with Crippen LogP contribution in [0, 0.1) is 0 Å². The number of allylic oxidation sites excluding steroid dienone is 1. The van der Waals surface area contributed by atoms with Gasteiger partial charge in [0.25, 0.3) is 5.91 Å². The van der Waals surface area contributed by atoms with Crippen LogP contribution in [0.1, 0.15) is 28.8 Å². The molecule has 35 heavy (non-hydrogen) atoms. The molecule has 3 aliphatic heterocycles. The molecule has 0 N–H and O–H groups in total. The first-order valence-corrected chi connectivity index (χ1v) is 11.5. The van der Waals surface area contributed by atoms with Crippen molar-refractivity contribution in [2.24, 2.45) is 0 Å². The van der Waals surface area contributed by atoms with E-state index in [4.69, 9.17) is 28.4 Å². The molecular formula is C26H27NO8. The molecule has 0 saturated carbocycles. The summed E-state index contributed by atoms with van der Waals surface area (Å²) in [7, 11) is 3.12. The quantitative estimate of drug-likeness (QED) is 0.582. The number of rotatable bonds is 6. The number of hydrogen-bond acceptors (Lipinski definition) is 8. The Morgan fingerprint density at radius 2 is 1.77 bits per heavy atom. The van der Waals surface area contributed by atoms with Gasteiger partial charge in [0.05, 0.1) is 33.0 Å². The fourth-order valence-electron chi connectivity index (χ4n) is 4.47. The number of ketones is 1. The maximum atomic E-state index is 12.9. The Morgan fingerprint density at radius 1 is 1.03 bits per heavy atom. The molecule has 2 aromatic carbocycles. The lowest BCUT2D eigenvalue weighted by atomic mass is 10.0. The van der Waals surface area contributed by atoms with Crippen LogP contribution in [0.2, 0.25) is 0 Å². The molecule has 3 heterocycles. The molecule has 0 aromatic heterocycles. The molecule has 0 unspecified atom stereocenters. The van der Waals surface area contributed by atoms with Gasteiger partial charge in [0, 0.05) is 37.6 Å². The summed E-state index contributed by atoms with van der Waals surface area (Å²) >= 11 is 0. The highest BCUT2D eigenvalue weighted by Gasteiger charge is 2.40. The van der Waals surface area contributed by atoms with Crippen LogP contribution in [0.4, 0.5) is 0 Å². The molecule has 184 valence electrons. The van der Waals surface area contributed by atoms with Gasteiger partial charge in [-0.25, -0.2) is 0 Å². The molecule has 3 aliphatic rings. The van der Waals surface area contributed by atoms with E-state index in [0.717, 1.165) is 0 Å². The van der Waals surface area contributed by atoms with Crippen molar-refractivity contribution in [1.29, 1.82) is 0 Å². The Balaban J connectivity index is 1.22. The molecule has 2 aromatic rings. The van der Waals surface area contributed by atoms with Crippen LogP contribution >= 0.6 is 0 Å². The molecule has 0 aliphatic carbocycles. The second-order valence-electron chi connectivity index (χ2n) is 8.48. The largest absolute Gasteiger partial charge is 0.497 e. The van der Waals surface area contributed by atoms with Crippen LogP contribution in [0.15, 0.2) is 42.2 Å². The van der Waals surface area contributed by atoms with E-state index in [1.807, 2.05) is 0 Å². The van der Waals surface area contributed by atoms with E-state index in [9.17, 15) is 9.59 Å². The predicted molar refractivity (Wildman–Crippen MR) is 125 cm³/mol. The molecule has 0 bridgehead atoms. The van der Waals surface area contributed by atoms with Gasteiger partial charge in [-0.15, -0.1) is 0 Å². The average Bonchev–Trinajstić information content (AvgIpc) is 3.46. The summed E-state index contributed by atoms with van der Waals surface area (Å²) < 4.78 is 33.6. The number of nitrogens with zero attached hydrogens (tertiary/aromatic N) is 1. The molecule has 5 rings (SSSR count). The van der Waals surface area contributed by atoms with Gasteiger partial charge in [-0.05, 0) is 36.4 Å². The number of amides is 1. The standard InChI is InChI=1S/C26H27NO8/c1-30-18-4-6-21(31-2)17(13-18)14-23-25(29)20-5-3-19(15-22(20)35-23)32-16-24(28)27-9-7-26(8-10-27)33-11-12-34-26/h3-6,13-15H,7-12,16H2,1-2H3. The first-order chi connectivity index (χ1) is 17.0. The highest BCUT2D eigenvalue weighted by atomic mass is 16.7. The molecule has 0 atom stereocenters. The fourth-order valence-corrected chi connectivity index (χ4v) is 4.47. The van der Waals surface area contributed by atoms with Gasteiger partial charge >= 0.3 is 0 Å². The van der Waals surface area contributed by atoms with Crippen molar-refractivity contribution >= 4 is 17.8 Å². The van der Waals surface area contributed by atoms with Crippen molar-refractivity contribution in [3.63, 3.8) is 0 Å². The number of benzene rings is 2. The number of likely N-dealkylation sites (tertiary alicyclic amines) is 1. The van der Waals surface area contributed by atoms with Crippen molar-refractivity contribution in [2.45, 2.75) is 18.6 Å². The summed E-state index contributed by atoms with van der Waals surface area (Å²) in [5.41, 5.74) is 1.08. The lowest BCUT2D eigenvalue weighted by molar-refractivity contribution is -0.187. The highest BCUT2D eigenvalue weighted by Crippen LogP contribution is 2.36. The van der Waals surface area contributed by atoms with Crippen molar-refractivity contribution in [2.75, 3.05) is 47.1 Å². The lowest BCUT2D eigenvalue weighted by Crippen LogP contribution is -2.48. The van der Waals surface area contributed by atoms with Gasteiger partial charge in [0.1, 0.15) is 23.0 Å². The van der Waals surface area contributed by atoms with Crippen molar-refractivity contribution in [1.82, 2.24) is 4.90 Å². The second-order valence-corrected chi connectivity index (χ2v) is 8.48. The highest BCUT2D eigenvalue weighted by molar-refractivity contribution is 6.14. The summed E-state index contributed by atoms with van der Waals surface area (Å²) in [4.78, 5) is 27.2. The van der Waals surface area contributed by atoms with E-state index >= 15 is 0 Å². The van der Waals surface area contributed by atoms with E-state index in [-0.39, 0.29) is 24.1 Å². The predicted octanol–water partition coefficient (Wildman–Crippen LogP) is 3.06. The first kappa shape index (κ1) is 23.2. The average molecular weight is 482 g/mol. The van der Waals surface area contributed by atoms with Gasteiger partial charge in [0.2, 0.25) is 5.78 Å². The summed E-state index contributed by atoms with van der Waals surface area (Å²) in [5, 5.41) is 0. The SMILES string of the molecule is COc1ccc(OC)c(C=C2Oc3cc(OCC(=O)N4CCC5(CC4)OCCO5)ccc3C2=O)c1. The third kappa shape index (κ3) is 4.69. The summed E-state index contributed by atoms with van der Waals surface area (Å²) in [6.07, 6.45) is 2.93.